The Morgan fingerprint density at radius 3 is 2.85 bits per heavy atom. The van der Waals surface area contributed by atoms with Gasteiger partial charge in [0, 0.05) is 25.6 Å². The lowest BCUT2D eigenvalue weighted by Crippen LogP contribution is -2.37. The molecular formula is C19H23N7O. The van der Waals surface area contributed by atoms with Gasteiger partial charge in [-0.25, -0.2) is 14.6 Å². The van der Waals surface area contributed by atoms with Crippen LogP contribution in [0.2, 0.25) is 0 Å². The van der Waals surface area contributed by atoms with Crippen LogP contribution in [0, 0.1) is 6.92 Å². The third-order valence-corrected chi connectivity index (χ3v) is 5.60. The minimum Gasteiger partial charge on any atom is -0.351 e. The highest BCUT2D eigenvalue weighted by molar-refractivity contribution is 5.87. The molecule has 1 unspecified atom stereocenters. The van der Waals surface area contributed by atoms with Gasteiger partial charge < -0.3 is 4.90 Å². The molecule has 2 fully saturated rings. The third kappa shape index (κ3) is 2.89. The van der Waals surface area contributed by atoms with Crippen LogP contribution in [0.5, 0.6) is 0 Å². The lowest BCUT2D eigenvalue weighted by molar-refractivity contribution is 0.481. The number of aryl methyl sites for hydroxylation is 2. The van der Waals surface area contributed by atoms with Crippen LogP contribution in [0.15, 0.2) is 23.1 Å². The number of fused-ring (bicyclic) bond motifs is 1. The van der Waals surface area contributed by atoms with Crippen molar-refractivity contribution in [3.05, 3.63) is 40.2 Å². The summed E-state index contributed by atoms with van der Waals surface area (Å²) in [5.41, 5.74) is 1.86. The molecule has 1 saturated carbocycles. The summed E-state index contributed by atoms with van der Waals surface area (Å²) < 4.78 is 3.43. The van der Waals surface area contributed by atoms with Crippen LogP contribution < -0.4 is 10.5 Å². The first kappa shape index (κ1) is 16.4. The van der Waals surface area contributed by atoms with Crippen LogP contribution in [0.25, 0.3) is 11.0 Å². The Kier molecular flexibility index (Phi) is 3.73. The second-order valence-electron chi connectivity index (χ2n) is 7.64. The van der Waals surface area contributed by atoms with Gasteiger partial charge in [0.25, 0.3) is 5.56 Å². The molecule has 3 aromatic heterocycles. The predicted molar refractivity (Wildman–Crippen MR) is 102 cm³/mol. The molecule has 8 heteroatoms. The Balaban J connectivity index is 1.50. The van der Waals surface area contributed by atoms with E-state index in [0.717, 1.165) is 47.8 Å². The Morgan fingerprint density at radius 1 is 1.19 bits per heavy atom. The molecule has 8 nitrogen and oxygen atoms in total. The van der Waals surface area contributed by atoms with Crippen LogP contribution in [0.3, 0.4) is 0 Å². The lowest BCUT2D eigenvalue weighted by atomic mass is 10.2. The minimum atomic E-state index is -0.0309. The first-order chi connectivity index (χ1) is 13.1. The van der Waals surface area contributed by atoms with Gasteiger partial charge in [0.1, 0.15) is 11.6 Å². The predicted octanol–water partition coefficient (Wildman–Crippen LogP) is 1.77. The normalized spacial score (nSPS) is 19.9. The van der Waals surface area contributed by atoms with Gasteiger partial charge in [-0.15, -0.1) is 0 Å². The fraction of sp³-hybridized carbons (Fsp3) is 0.526. The molecule has 0 N–H and O–H groups in total. The van der Waals surface area contributed by atoms with Crippen molar-refractivity contribution in [1.82, 2.24) is 29.5 Å². The van der Waals surface area contributed by atoms with Gasteiger partial charge in [0.05, 0.1) is 29.9 Å². The molecule has 27 heavy (non-hydrogen) atoms. The molecular weight excluding hydrogens is 342 g/mol. The average Bonchev–Trinajstić information content (AvgIpc) is 3.30. The van der Waals surface area contributed by atoms with Crippen molar-refractivity contribution in [3.63, 3.8) is 0 Å². The molecule has 0 bridgehead atoms. The van der Waals surface area contributed by atoms with Crippen molar-refractivity contribution in [2.45, 2.75) is 51.1 Å². The molecule has 2 aliphatic rings. The highest BCUT2D eigenvalue weighted by atomic mass is 16.1. The third-order valence-electron chi connectivity index (χ3n) is 5.60. The lowest BCUT2D eigenvalue weighted by Gasteiger charge is -2.26. The highest BCUT2D eigenvalue weighted by Crippen LogP contribution is 2.38. The van der Waals surface area contributed by atoms with E-state index in [1.54, 1.807) is 15.4 Å². The first-order valence-corrected chi connectivity index (χ1v) is 9.61. The quantitative estimate of drug-likeness (QED) is 0.701. The van der Waals surface area contributed by atoms with Gasteiger partial charge in [-0.05, 0) is 38.7 Å². The van der Waals surface area contributed by atoms with Crippen LogP contribution in [-0.2, 0) is 13.6 Å². The summed E-state index contributed by atoms with van der Waals surface area (Å²) in [7, 11) is 1.90. The maximum atomic E-state index is 12.4. The zero-order valence-electron chi connectivity index (χ0n) is 15.7. The molecule has 4 heterocycles. The molecule has 0 spiro atoms. The maximum Gasteiger partial charge on any atom is 0.266 e. The second-order valence-corrected chi connectivity index (χ2v) is 7.64. The Labute approximate surface area is 156 Å². The molecule has 140 valence electrons. The van der Waals surface area contributed by atoms with Gasteiger partial charge in [-0.3, -0.25) is 9.48 Å². The van der Waals surface area contributed by atoms with Crippen molar-refractivity contribution >= 4 is 16.9 Å². The van der Waals surface area contributed by atoms with E-state index in [1.807, 2.05) is 26.2 Å². The fourth-order valence-corrected chi connectivity index (χ4v) is 4.03. The van der Waals surface area contributed by atoms with Crippen molar-refractivity contribution in [2.24, 2.45) is 7.05 Å². The largest absolute Gasteiger partial charge is 0.351 e. The van der Waals surface area contributed by atoms with E-state index < -0.39 is 0 Å². The summed E-state index contributed by atoms with van der Waals surface area (Å²) >= 11 is 0. The summed E-state index contributed by atoms with van der Waals surface area (Å²) in [6.07, 6.45) is 6.29. The van der Waals surface area contributed by atoms with E-state index in [1.165, 1.54) is 12.8 Å². The second kappa shape index (κ2) is 6.14. The molecule has 1 aliphatic carbocycles. The van der Waals surface area contributed by atoms with Gasteiger partial charge in [0.15, 0.2) is 5.65 Å². The number of hydrogen-bond donors (Lipinski definition) is 0. The minimum absolute atomic E-state index is 0.0309. The van der Waals surface area contributed by atoms with Gasteiger partial charge in [0.2, 0.25) is 0 Å². The monoisotopic (exact) mass is 365 g/mol. The summed E-state index contributed by atoms with van der Waals surface area (Å²) in [6.45, 7) is 3.42. The van der Waals surface area contributed by atoms with Gasteiger partial charge in [-0.2, -0.15) is 10.2 Å². The molecule has 3 aromatic rings. The molecule has 1 atom stereocenters. The number of rotatable bonds is 4. The Hall–Kier alpha value is -2.77. The van der Waals surface area contributed by atoms with Crippen LogP contribution in [-0.4, -0.2) is 42.1 Å². The topological polar surface area (TPSA) is 81.7 Å². The zero-order chi connectivity index (χ0) is 18.5. The number of anilines is 1. The van der Waals surface area contributed by atoms with Crippen molar-refractivity contribution < 1.29 is 0 Å². The van der Waals surface area contributed by atoms with Crippen LogP contribution in [0.1, 0.15) is 43.1 Å². The fourth-order valence-electron chi connectivity index (χ4n) is 4.03. The summed E-state index contributed by atoms with van der Waals surface area (Å²) in [6, 6.07) is 3.74. The van der Waals surface area contributed by atoms with E-state index in [0.29, 0.717) is 12.5 Å². The van der Waals surface area contributed by atoms with Crippen molar-refractivity contribution in [1.29, 1.82) is 0 Å². The van der Waals surface area contributed by atoms with E-state index in [-0.39, 0.29) is 11.6 Å². The first-order valence-electron chi connectivity index (χ1n) is 9.61. The zero-order valence-corrected chi connectivity index (χ0v) is 15.7. The van der Waals surface area contributed by atoms with E-state index in [9.17, 15) is 4.79 Å². The summed E-state index contributed by atoms with van der Waals surface area (Å²) in [5, 5.41) is 9.95. The van der Waals surface area contributed by atoms with Crippen molar-refractivity contribution in [2.75, 3.05) is 11.4 Å². The molecule has 1 saturated heterocycles. The Bertz CT molecular complexity index is 1070. The van der Waals surface area contributed by atoms with Gasteiger partial charge >= 0.3 is 0 Å². The maximum absolute atomic E-state index is 12.4. The standard InChI is InChI=1S/C19H23N7O/c1-12-21-18-15(10-20-24(18)2)19(22-12)25-9-3-4-14(25)11-26-17(27)8-7-16(23-26)13-5-6-13/h7-8,10,13-14H,3-6,9,11H2,1-2H3. The Morgan fingerprint density at radius 2 is 2.04 bits per heavy atom. The van der Waals surface area contributed by atoms with Gasteiger partial charge in [-0.1, -0.05) is 0 Å². The molecule has 0 radical (unpaired) electrons. The summed E-state index contributed by atoms with van der Waals surface area (Å²) in [5.74, 6) is 2.19. The van der Waals surface area contributed by atoms with E-state index in [2.05, 4.69) is 20.1 Å². The molecule has 0 aromatic carbocycles. The number of hydrogen-bond acceptors (Lipinski definition) is 6. The highest BCUT2D eigenvalue weighted by Gasteiger charge is 2.30. The molecule has 0 amide bonds. The molecule has 5 rings (SSSR count). The number of aromatic nitrogens is 6. The van der Waals surface area contributed by atoms with E-state index in [4.69, 9.17) is 4.98 Å². The molecule has 1 aliphatic heterocycles. The van der Waals surface area contributed by atoms with E-state index >= 15 is 0 Å². The summed E-state index contributed by atoms with van der Waals surface area (Å²) in [4.78, 5) is 23.9. The SMILES string of the molecule is Cc1nc(N2CCCC2Cn2nc(C3CC3)ccc2=O)c2cnn(C)c2n1. The number of nitrogens with zero attached hydrogens (tertiary/aromatic N) is 7. The van der Waals surface area contributed by atoms with Crippen LogP contribution >= 0.6 is 0 Å². The van der Waals surface area contributed by atoms with Crippen LogP contribution in [0.4, 0.5) is 5.82 Å². The van der Waals surface area contributed by atoms with Crippen molar-refractivity contribution in [3.8, 4) is 0 Å². The smallest absolute Gasteiger partial charge is 0.266 e. The average molecular weight is 365 g/mol.